The molecule has 3 unspecified atom stereocenters. The quantitative estimate of drug-likeness (QED) is 0.0615. The highest BCUT2D eigenvalue weighted by Crippen LogP contribution is 2.05. The number of aliphatic carboxylic acids is 2. The molecule has 0 radical (unpaired) electrons. The Labute approximate surface area is 184 Å². The Morgan fingerprint density at radius 1 is 0.750 bits per heavy atom. The second-order valence-electron chi connectivity index (χ2n) is 6.90. The Balaban J connectivity index is 5.13. The van der Waals surface area contributed by atoms with Crippen LogP contribution < -0.4 is 39.3 Å². The second-order valence-corrected chi connectivity index (χ2v) is 6.90. The Morgan fingerprint density at radius 3 is 1.66 bits per heavy atom. The Bertz CT molecular complexity index is 705. The summed E-state index contributed by atoms with van der Waals surface area (Å²) in [5.74, 6) is -4.16. The second kappa shape index (κ2) is 15.2. The van der Waals surface area contributed by atoms with Crippen molar-refractivity contribution in [3.63, 3.8) is 0 Å². The summed E-state index contributed by atoms with van der Waals surface area (Å²) in [7, 11) is 0. The largest absolute Gasteiger partial charge is 0.481 e. The van der Waals surface area contributed by atoms with Gasteiger partial charge in [-0.3, -0.25) is 24.4 Å². The van der Waals surface area contributed by atoms with E-state index in [1.807, 2.05) is 0 Å². The Hall–Kier alpha value is -3.62. The van der Waals surface area contributed by atoms with Crippen LogP contribution in [0.15, 0.2) is 9.98 Å². The van der Waals surface area contributed by atoms with Crippen LogP contribution in [0.25, 0.3) is 0 Å². The van der Waals surface area contributed by atoms with Crippen LogP contribution in [-0.2, 0) is 19.2 Å². The minimum Gasteiger partial charge on any atom is -0.481 e. The number of guanidine groups is 2. The number of nitrogens with one attached hydrogen (secondary N) is 2. The molecule has 0 rings (SSSR count). The molecule has 0 bridgehead atoms. The number of carboxylic acids is 2. The zero-order valence-corrected chi connectivity index (χ0v) is 17.7. The van der Waals surface area contributed by atoms with Crippen molar-refractivity contribution >= 4 is 35.7 Å². The van der Waals surface area contributed by atoms with E-state index in [9.17, 15) is 24.3 Å². The molecule has 32 heavy (non-hydrogen) atoms. The lowest BCUT2D eigenvalue weighted by Gasteiger charge is -2.22. The van der Waals surface area contributed by atoms with Gasteiger partial charge < -0.3 is 49.5 Å². The molecule has 0 saturated heterocycles. The molecular formula is C17H33N9O6. The highest BCUT2D eigenvalue weighted by molar-refractivity contribution is 5.91. The predicted molar refractivity (Wildman–Crippen MR) is 116 cm³/mol. The molecule has 182 valence electrons. The Morgan fingerprint density at radius 2 is 1.22 bits per heavy atom. The number of nitrogens with zero attached hydrogens (tertiary/aromatic N) is 2. The van der Waals surface area contributed by atoms with Gasteiger partial charge in [-0.2, -0.15) is 0 Å². The van der Waals surface area contributed by atoms with Gasteiger partial charge in [-0.15, -0.1) is 0 Å². The highest BCUT2D eigenvalue weighted by atomic mass is 16.4. The molecule has 3 atom stereocenters. The third-order valence-electron chi connectivity index (χ3n) is 4.14. The maximum Gasteiger partial charge on any atom is 0.326 e. The number of amides is 2. The first-order valence-corrected chi connectivity index (χ1v) is 9.85. The highest BCUT2D eigenvalue weighted by Gasteiger charge is 2.27. The van der Waals surface area contributed by atoms with E-state index in [-0.39, 0.29) is 57.1 Å². The van der Waals surface area contributed by atoms with E-state index in [0.29, 0.717) is 6.42 Å². The summed E-state index contributed by atoms with van der Waals surface area (Å²) in [6.07, 6.45) is 0.253. The first-order chi connectivity index (χ1) is 14.9. The molecule has 0 saturated carbocycles. The van der Waals surface area contributed by atoms with Crippen molar-refractivity contribution < 1.29 is 29.4 Å². The lowest BCUT2D eigenvalue weighted by molar-refractivity contribution is -0.142. The van der Waals surface area contributed by atoms with Crippen LogP contribution in [0.5, 0.6) is 0 Å². The Kier molecular flexibility index (Phi) is 13.5. The van der Waals surface area contributed by atoms with Crippen molar-refractivity contribution in [2.45, 2.75) is 56.7 Å². The van der Waals surface area contributed by atoms with Crippen molar-refractivity contribution in [2.75, 3.05) is 13.1 Å². The van der Waals surface area contributed by atoms with Gasteiger partial charge >= 0.3 is 11.9 Å². The van der Waals surface area contributed by atoms with Gasteiger partial charge in [0.1, 0.15) is 12.1 Å². The SMILES string of the molecule is NC(N)=NCCCC(NC(=O)C(CCCN=C(N)N)NC(=O)C(N)CCC(=O)O)C(=O)O. The first-order valence-electron chi connectivity index (χ1n) is 9.85. The summed E-state index contributed by atoms with van der Waals surface area (Å²) in [6.45, 7) is 0.354. The molecule has 0 aliphatic heterocycles. The van der Waals surface area contributed by atoms with Gasteiger partial charge in [0.2, 0.25) is 11.8 Å². The number of carbonyl (C=O) groups excluding carboxylic acids is 2. The van der Waals surface area contributed by atoms with Crippen LogP contribution in [-0.4, -0.2) is 77.1 Å². The maximum absolute atomic E-state index is 12.7. The molecule has 0 aliphatic rings. The van der Waals surface area contributed by atoms with Gasteiger partial charge in [-0.05, 0) is 32.1 Å². The molecule has 0 spiro atoms. The average molecular weight is 460 g/mol. The molecule has 0 aromatic heterocycles. The van der Waals surface area contributed by atoms with E-state index in [1.165, 1.54) is 0 Å². The molecule has 15 heteroatoms. The number of carboxylic acid groups (broad SMARTS) is 2. The van der Waals surface area contributed by atoms with E-state index >= 15 is 0 Å². The van der Waals surface area contributed by atoms with Gasteiger partial charge in [-0.1, -0.05) is 0 Å². The van der Waals surface area contributed by atoms with E-state index in [4.69, 9.17) is 33.8 Å². The topological polar surface area (TPSA) is 288 Å². The van der Waals surface area contributed by atoms with Crippen LogP contribution in [0.4, 0.5) is 0 Å². The van der Waals surface area contributed by atoms with Gasteiger partial charge in [0, 0.05) is 19.5 Å². The number of nitrogens with two attached hydrogens (primary N) is 5. The van der Waals surface area contributed by atoms with Gasteiger partial charge in [0.25, 0.3) is 0 Å². The number of hydrogen-bond acceptors (Lipinski definition) is 7. The molecule has 0 aliphatic carbocycles. The van der Waals surface area contributed by atoms with Crippen molar-refractivity contribution in [3.05, 3.63) is 0 Å². The van der Waals surface area contributed by atoms with Crippen LogP contribution >= 0.6 is 0 Å². The molecule has 2 amide bonds. The fourth-order valence-electron chi connectivity index (χ4n) is 2.49. The summed E-state index contributed by atoms with van der Waals surface area (Å²) < 4.78 is 0. The number of rotatable bonds is 16. The summed E-state index contributed by atoms with van der Waals surface area (Å²) in [6, 6.07) is -3.53. The van der Waals surface area contributed by atoms with Crippen molar-refractivity contribution in [1.82, 2.24) is 10.6 Å². The number of aliphatic imine (C=N–C) groups is 2. The fraction of sp³-hybridized carbons (Fsp3) is 0.647. The van der Waals surface area contributed by atoms with Crippen LogP contribution in [0.3, 0.4) is 0 Å². The lowest BCUT2D eigenvalue weighted by atomic mass is 10.1. The van der Waals surface area contributed by atoms with Gasteiger partial charge in [-0.25, -0.2) is 4.79 Å². The zero-order chi connectivity index (χ0) is 24.7. The normalized spacial score (nSPS) is 13.2. The van der Waals surface area contributed by atoms with Crippen molar-refractivity contribution in [3.8, 4) is 0 Å². The molecule has 0 heterocycles. The average Bonchev–Trinajstić information content (AvgIpc) is 2.69. The van der Waals surface area contributed by atoms with Gasteiger partial charge in [0.15, 0.2) is 11.9 Å². The van der Waals surface area contributed by atoms with Crippen molar-refractivity contribution in [1.29, 1.82) is 0 Å². The molecule has 0 aromatic rings. The molecule has 0 fully saturated rings. The summed E-state index contributed by atoms with van der Waals surface area (Å²) in [5.41, 5.74) is 26.6. The summed E-state index contributed by atoms with van der Waals surface area (Å²) in [4.78, 5) is 54.6. The third kappa shape index (κ3) is 13.6. The van der Waals surface area contributed by atoms with Gasteiger partial charge in [0.05, 0.1) is 6.04 Å². The third-order valence-corrected chi connectivity index (χ3v) is 4.14. The molecular weight excluding hydrogens is 426 g/mol. The summed E-state index contributed by atoms with van der Waals surface area (Å²) >= 11 is 0. The summed E-state index contributed by atoms with van der Waals surface area (Å²) in [5, 5.41) is 22.9. The first kappa shape index (κ1) is 28.4. The fourth-order valence-corrected chi connectivity index (χ4v) is 2.49. The van der Waals surface area contributed by atoms with E-state index in [2.05, 4.69) is 20.6 Å². The standard InChI is InChI=1S/C17H33N9O6/c18-9(5-6-12(27)28)13(29)25-10(3-1-7-23-16(19)20)14(30)26-11(15(31)32)4-2-8-24-17(21)22/h9-11H,1-8,18H2,(H,25,29)(H,26,30)(H,27,28)(H,31,32)(H4,19,20,23)(H4,21,22,24). The lowest BCUT2D eigenvalue weighted by Crippen LogP contribution is -2.54. The molecule has 15 nitrogen and oxygen atoms in total. The van der Waals surface area contributed by atoms with E-state index in [0.717, 1.165) is 0 Å². The number of hydrogen-bond donors (Lipinski definition) is 9. The monoisotopic (exact) mass is 459 g/mol. The minimum absolute atomic E-state index is 0.0463. The van der Waals surface area contributed by atoms with E-state index < -0.39 is 41.9 Å². The molecule has 14 N–H and O–H groups in total. The molecule has 0 aromatic carbocycles. The zero-order valence-electron chi connectivity index (χ0n) is 17.7. The minimum atomic E-state index is -1.27. The predicted octanol–water partition coefficient (Wildman–Crippen LogP) is -3.66. The van der Waals surface area contributed by atoms with E-state index in [1.54, 1.807) is 0 Å². The number of carbonyl (C=O) groups is 4. The smallest absolute Gasteiger partial charge is 0.326 e. The van der Waals surface area contributed by atoms with Crippen LogP contribution in [0, 0.1) is 0 Å². The van der Waals surface area contributed by atoms with Crippen molar-refractivity contribution in [2.24, 2.45) is 38.7 Å². The van der Waals surface area contributed by atoms with Crippen LogP contribution in [0.1, 0.15) is 38.5 Å². The maximum atomic E-state index is 12.7. The van der Waals surface area contributed by atoms with Crippen LogP contribution in [0.2, 0.25) is 0 Å².